The molecule has 1 saturated carbocycles. The van der Waals surface area contributed by atoms with Crippen LogP contribution in [0.5, 0.6) is 5.75 Å². The van der Waals surface area contributed by atoms with E-state index in [2.05, 4.69) is 10.5 Å². The Hall–Kier alpha value is -2.96. The molecule has 1 aliphatic rings. The second kappa shape index (κ2) is 7.95. The van der Waals surface area contributed by atoms with Crippen LogP contribution in [-0.4, -0.2) is 23.5 Å². The number of nitrogens with one attached hydrogen (secondary N) is 1. The lowest BCUT2D eigenvalue weighted by Gasteiger charge is -2.12. The molecule has 0 saturated heterocycles. The Morgan fingerprint density at radius 3 is 2.62 bits per heavy atom. The summed E-state index contributed by atoms with van der Waals surface area (Å²) in [6, 6.07) is 10.7. The van der Waals surface area contributed by atoms with Crippen LogP contribution in [0.2, 0.25) is 0 Å². The molecule has 5 nitrogen and oxygen atoms in total. The fourth-order valence-corrected chi connectivity index (χ4v) is 2.35. The van der Waals surface area contributed by atoms with Crippen LogP contribution in [-0.2, 0) is 16.1 Å². The number of carbonyl (C=O) groups excluding carboxylic acids is 1. The molecular formula is C19H18F2N2O3. The Morgan fingerprint density at radius 2 is 1.92 bits per heavy atom. The number of amidine groups is 1. The second-order valence-electron chi connectivity index (χ2n) is 6.15. The minimum atomic E-state index is -1.31. The highest BCUT2D eigenvalue weighted by Gasteiger charge is 2.24. The number of carbonyl (C=O) groups is 1. The first-order valence-electron chi connectivity index (χ1n) is 8.25. The zero-order chi connectivity index (χ0) is 18.5. The highest BCUT2D eigenvalue weighted by Crippen LogP contribution is 2.29. The van der Waals surface area contributed by atoms with E-state index in [9.17, 15) is 18.7 Å². The van der Waals surface area contributed by atoms with Crippen molar-refractivity contribution in [2.24, 2.45) is 11.1 Å². The van der Waals surface area contributed by atoms with Gasteiger partial charge in [-0.05, 0) is 36.5 Å². The van der Waals surface area contributed by atoms with E-state index in [-0.39, 0.29) is 12.3 Å². The lowest BCUT2D eigenvalue weighted by atomic mass is 10.1. The molecule has 0 spiro atoms. The Morgan fingerprint density at radius 1 is 1.19 bits per heavy atom. The highest BCUT2D eigenvalue weighted by molar-refractivity contribution is 6.09. The zero-order valence-electron chi connectivity index (χ0n) is 13.9. The molecule has 1 aliphatic carbocycles. The molecule has 2 aromatic carbocycles. The zero-order valence-corrected chi connectivity index (χ0v) is 13.9. The summed E-state index contributed by atoms with van der Waals surface area (Å²) in [5, 5.41) is 16.1. The number of benzene rings is 2. The van der Waals surface area contributed by atoms with E-state index in [0.29, 0.717) is 12.5 Å². The third kappa shape index (κ3) is 4.56. The van der Waals surface area contributed by atoms with Crippen molar-refractivity contribution < 1.29 is 23.5 Å². The molecule has 0 radical (unpaired) electrons. The molecule has 0 heterocycles. The molecule has 0 unspecified atom stereocenters. The van der Waals surface area contributed by atoms with E-state index in [1.165, 1.54) is 0 Å². The summed E-state index contributed by atoms with van der Waals surface area (Å²) in [6.45, 7) is 0.315. The summed E-state index contributed by atoms with van der Waals surface area (Å²) >= 11 is 0. The summed E-state index contributed by atoms with van der Waals surface area (Å²) in [5.74, 6) is -3.48. The molecule has 136 valence electrons. The van der Waals surface area contributed by atoms with Gasteiger partial charge in [-0.2, -0.15) is 0 Å². The number of nitrogens with zero attached hydrogens (tertiary/aromatic N) is 1. The Kier molecular flexibility index (Phi) is 5.46. The van der Waals surface area contributed by atoms with Gasteiger partial charge in [0.25, 0.3) is 0 Å². The Balaban J connectivity index is 1.81. The number of hydrogen-bond acceptors (Lipinski definition) is 4. The van der Waals surface area contributed by atoms with Crippen molar-refractivity contribution in [3.8, 4) is 5.75 Å². The van der Waals surface area contributed by atoms with E-state index in [1.807, 2.05) is 6.07 Å². The number of amides is 1. The highest BCUT2D eigenvalue weighted by atomic mass is 19.2. The lowest BCUT2D eigenvalue weighted by molar-refractivity contribution is -0.119. The minimum Gasteiger partial charge on any atom is -0.507 e. The first-order chi connectivity index (χ1) is 12.5. The summed E-state index contributed by atoms with van der Waals surface area (Å²) in [5.41, 5.74) is 0.203. The van der Waals surface area contributed by atoms with Crippen LogP contribution in [0, 0.1) is 17.6 Å². The molecule has 1 amide bonds. The predicted molar refractivity (Wildman–Crippen MR) is 91.5 cm³/mol. The summed E-state index contributed by atoms with van der Waals surface area (Å²) in [4.78, 5) is 17.4. The average Bonchev–Trinajstić information content (AvgIpc) is 3.43. The van der Waals surface area contributed by atoms with Gasteiger partial charge >= 0.3 is 0 Å². The van der Waals surface area contributed by atoms with Crippen molar-refractivity contribution in [3.05, 3.63) is 65.2 Å². The Bertz CT molecular complexity index is 821. The Labute approximate surface area is 149 Å². The van der Waals surface area contributed by atoms with E-state index >= 15 is 0 Å². The third-order valence-electron chi connectivity index (χ3n) is 3.94. The number of aromatic hydroxyl groups is 1. The maximum absolute atomic E-state index is 14.2. The monoisotopic (exact) mass is 360 g/mol. The third-order valence-corrected chi connectivity index (χ3v) is 3.94. The first-order valence-corrected chi connectivity index (χ1v) is 8.25. The topological polar surface area (TPSA) is 70.9 Å². The molecule has 2 N–H and O–H groups in total. The van der Waals surface area contributed by atoms with Crippen molar-refractivity contribution in [2.45, 2.75) is 19.3 Å². The van der Waals surface area contributed by atoms with Crippen molar-refractivity contribution in [2.75, 3.05) is 6.61 Å². The maximum Gasteiger partial charge on any atom is 0.230 e. The number of phenols is 1. The minimum absolute atomic E-state index is 0.0141. The molecular weight excluding hydrogens is 342 g/mol. The maximum atomic E-state index is 14.2. The van der Waals surface area contributed by atoms with Crippen molar-refractivity contribution >= 4 is 11.7 Å². The van der Waals surface area contributed by atoms with E-state index in [0.717, 1.165) is 30.5 Å². The van der Waals surface area contributed by atoms with Crippen LogP contribution in [0.3, 0.4) is 0 Å². The number of hydrogen-bond donors (Lipinski definition) is 2. The van der Waals surface area contributed by atoms with Gasteiger partial charge < -0.3 is 15.3 Å². The van der Waals surface area contributed by atoms with Gasteiger partial charge in [0.15, 0.2) is 17.5 Å². The second-order valence-corrected chi connectivity index (χ2v) is 6.15. The number of rotatable bonds is 6. The molecule has 0 aliphatic heterocycles. The smallest absolute Gasteiger partial charge is 0.230 e. The van der Waals surface area contributed by atoms with E-state index in [1.54, 1.807) is 24.3 Å². The largest absolute Gasteiger partial charge is 0.507 e. The van der Waals surface area contributed by atoms with Crippen LogP contribution >= 0.6 is 0 Å². The molecule has 0 atom stereocenters. The fraction of sp³-hybridized carbons (Fsp3) is 0.263. The van der Waals surface area contributed by atoms with Crippen LogP contribution in [0.1, 0.15) is 24.0 Å². The molecule has 3 rings (SSSR count). The molecule has 26 heavy (non-hydrogen) atoms. The van der Waals surface area contributed by atoms with Crippen LogP contribution < -0.4 is 5.32 Å². The van der Waals surface area contributed by atoms with Crippen LogP contribution in [0.4, 0.5) is 8.78 Å². The summed E-state index contributed by atoms with van der Waals surface area (Å²) in [7, 11) is 0. The number of oxime groups is 1. The normalized spacial score (nSPS) is 14.2. The van der Waals surface area contributed by atoms with Gasteiger partial charge in [0.2, 0.25) is 5.91 Å². The average molecular weight is 360 g/mol. The van der Waals surface area contributed by atoms with Gasteiger partial charge in [-0.25, -0.2) is 8.78 Å². The predicted octanol–water partition coefficient (Wildman–Crippen LogP) is 3.12. The van der Waals surface area contributed by atoms with Gasteiger partial charge in [-0.15, -0.1) is 0 Å². The summed E-state index contributed by atoms with van der Waals surface area (Å²) < 4.78 is 27.7. The molecule has 7 heteroatoms. The van der Waals surface area contributed by atoms with Crippen LogP contribution in [0.25, 0.3) is 0 Å². The van der Waals surface area contributed by atoms with Gasteiger partial charge in [0, 0.05) is 0 Å². The van der Waals surface area contributed by atoms with Crippen molar-refractivity contribution in [3.63, 3.8) is 0 Å². The first kappa shape index (κ1) is 17.8. The molecule has 0 aromatic heterocycles. The molecule has 2 aromatic rings. The number of halogens is 2. The van der Waals surface area contributed by atoms with Crippen molar-refractivity contribution in [1.82, 2.24) is 5.32 Å². The van der Waals surface area contributed by atoms with Crippen LogP contribution in [0.15, 0.2) is 47.6 Å². The SMILES string of the molecule is O=C(Cc1ccccc1)N/C(=N\OCC1CC1)c1c(O)ccc(F)c1F. The molecule has 0 bridgehead atoms. The van der Waals surface area contributed by atoms with E-state index < -0.39 is 28.9 Å². The quantitative estimate of drug-likeness (QED) is 0.472. The van der Waals surface area contributed by atoms with Gasteiger partial charge in [-0.1, -0.05) is 35.5 Å². The van der Waals surface area contributed by atoms with Gasteiger partial charge in [0.05, 0.1) is 6.42 Å². The van der Waals surface area contributed by atoms with Gasteiger partial charge in [-0.3, -0.25) is 4.79 Å². The lowest BCUT2D eigenvalue weighted by Crippen LogP contribution is -2.33. The molecule has 1 fully saturated rings. The van der Waals surface area contributed by atoms with Crippen molar-refractivity contribution in [1.29, 1.82) is 0 Å². The standard InChI is InChI=1S/C19H18F2N2O3/c20-14-8-9-15(24)17(18(14)21)19(23-26-11-13-6-7-13)22-16(25)10-12-4-2-1-3-5-12/h1-5,8-9,13,24H,6-7,10-11H2,(H,22,23,25). The summed E-state index contributed by atoms with van der Waals surface area (Å²) in [6.07, 6.45) is 2.05. The number of phenolic OH excluding ortho intramolecular Hbond substituents is 1. The van der Waals surface area contributed by atoms with Gasteiger partial charge in [0.1, 0.15) is 17.9 Å². The fourth-order valence-electron chi connectivity index (χ4n) is 2.35. The van der Waals surface area contributed by atoms with E-state index in [4.69, 9.17) is 4.84 Å².